The van der Waals surface area contributed by atoms with Gasteiger partial charge >= 0.3 is 0 Å². The lowest BCUT2D eigenvalue weighted by Gasteiger charge is -2.08. The summed E-state index contributed by atoms with van der Waals surface area (Å²) in [5.74, 6) is 0.647. The molecule has 1 amide bonds. The molecule has 0 spiro atoms. The largest absolute Gasteiger partial charge is 0.399 e. The Morgan fingerprint density at radius 1 is 1.35 bits per heavy atom. The summed E-state index contributed by atoms with van der Waals surface area (Å²) in [4.78, 5) is 16.5. The van der Waals surface area contributed by atoms with Crippen molar-refractivity contribution in [1.29, 1.82) is 0 Å². The normalized spacial score (nSPS) is 10.1. The first kappa shape index (κ1) is 14.5. The Kier molecular flexibility index (Phi) is 5.09. The summed E-state index contributed by atoms with van der Waals surface area (Å²) in [5, 5.41) is 0.542. The number of halogens is 1. The standard InChI is InChI=1S/C13H13ClN4OS/c14-10-7-9(15)4-5-11(10)20-8-13(19)18-17-12-3-1-2-6-16-12/h1-7H,8,15H2,(H,16,17)(H,18,19). The number of nitrogens with one attached hydrogen (secondary N) is 2. The van der Waals surface area contributed by atoms with E-state index in [1.807, 2.05) is 6.07 Å². The highest BCUT2D eigenvalue weighted by atomic mass is 35.5. The molecule has 0 atom stereocenters. The smallest absolute Gasteiger partial charge is 0.248 e. The Bertz CT molecular complexity index is 594. The minimum atomic E-state index is -0.173. The molecule has 2 aromatic rings. The predicted octanol–water partition coefficient (Wildman–Crippen LogP) is 2.55. The van der Waals surface area contributed by atoms with Crippen LogP contribution in [0, 0.1) is 0 Å². The molecule has 0 bridgehead atoms. The summed E-state index contributed by atoms with van der Waals surface area (Å²) < 4.78 is 0. The van der Waals surface area contributed by atoms with E-state index < -0.39 is 0 Å². The lowest BCUT2D eigenvalue weighted by atomic mass is 10.3. The number of hydrogen-bond acceptors (Lipinski definition) is 5. The molecule has 7 heteroatoms. The summed E-state index contributed by atoms with van der Waals surface area (Å²) in [5.41, 5.74) is 11.5. The van der Waals surface area contributed by atoms with Gasteiger partial charge in [0.05, 0.1) is 10.8 Å². The number of aromatic nitrogens is 1. The van der Waals surface area contributed by atoms with Gasteiger partial charge in [-0.05, 0) is 30.3 Å². The second-order valence-corrected chi connectivity index (χ2v) is 5.29. The highest BCUT2D eigenvalue weighted by Gasteiger charge is 2.06. The van der Waals surface area contributed by atoms with Crippen LogP contribution >= 0.6 is 23.4 Å². The van der Waals surface area contributed by atoms with Gasteiger partial charge in [0.1, 0.15) is 5.82 Å². The number of hydrogen-bond donors (Lipinski definition) is 3. The Morgan fingerprint density at radius 2 is 2.20 bits per heavy atom. The Hall–Kier alpha value is -1.92. The first-order valence-corrected chi connectivity index (χ1v) is 7.15. The number of nitrogens with zero attached hydrogens (tertiary/aromatic N) is 1. The van der Waals surface area contributed by atoms with Gasteiger partial charge in [0, 0.05) is 16.8 Å². The Morgan fingerprint density at radius 3 is 2.90 bits per heavy atom. The number of benzene rings is 1. The molecule has 0 radical (unpaired) electrons. The molecule has 4 N–H and O–H groups in total. The van der Waals surface area contributed by atoms with E-state index in [4.69, 9.17) is 17.3 Å². The number of nitrogen functional groups attached to an aromatic ring is 1. The van der Waals surface area contributed by atoms with Gasteiger partial charge in [-0.1, -0.05) is 17.7 Å². The van der Waals surface area contributed by atoms with E-state index in [2.05, 4.69) is 15.8 Å². The predicted molar refractivity (Wildman–Crippen MR) is 82.6 cm³/mol. The van der Waals surface area contributed by atoms with Gasteiger partial charge < -0.3 is 5.73 Å². The molecule has 0 saturated carbocycles. The van der Waals surface area contributed by atoms with Gasteiger partial charge in [-0.25, -0.2) is 4.98 Å². The fourth-order valence-corrected chi connectivity index (χ4v) is 2.46. The molecule has 1 aromatic heterocycles. The quantitative estimate of drug-likeness (QED) is 0.449. The van der Waals surface area contributed by atoms with Crippen LogP contribution in [0.1, 0.15) is 0 Å². The van der Waals surface area contributed by atoms with Gasteiger partial charge in [0.15, 0.2) is 0 Å². The van der Waals surface area contributed by atoms with Crippen LogP contribution in [0.15, 0.2) is 47.5 Å². The van der Waals surface area contributed by atoms with Gasteiger partial charge in [0.25, 0.3) is 0 Å². The molecule has 0 fully saturated rings. The second kappa shape index (κ2) is 7.02. The van der Waals surface area contributed by atoms with E-state index in [9.17, 15) is 4.79 Å². The van der Waals surface area contributed by atoms with Crippen molar-refractivity contribution in [2.45, 2.75) is 4.90 Å². The number of hydrazine groups is 1. The molecule has 20 heavy (non-hydrogen) atoms. The zero-order chi connectivity index (χ0) is 14.4. The van der Waals surface area contributed by atoms with Gasteiger partial charge in [-0.15, -0.1) is 11.8 Å². The molecule has 1 aromatic carbocycles. The van der Waals surface area contributed by atoms with Crippen LogP contribution in [0.2, 0.25) is 5.02 Å². The third-order valence-electron chi connectivity index (χ3n) is 2.31. The van der Waals surface area contributed by atoms with Crippen molar-refractivity contribution in [2.24, 2.45) is 0 Å². The van der Waals surface area contributed by atoms with Gasteiger partial charge in [-0.2, -0.15) is 0 Å². The van der Waals surface area contributed by atoms with Crippen LogP contribution < -0.4 is 16.6 Å². The highest BCUT2D eigenvalue weighted by molar-refractivity contribution is 8.00. The van der Waals surface area contributed by atoms with Gasteiger partial charge in [-0.3, -0.25) is 15.6 Å². The monoisotopic (exact) mass is 308 g/mol. The zero-order valence-electron chi connectivity index (χ0n) is 10.5. The third kappa shape index (κ3) is 4.32. The van der Waals surface area contributed by atoms with E-state index in [0.717, 1.165) is 4.90 Å². The van der Waals surface area contributed by atoms with Crippen molar-refractivity contribution in [1.82, 2.24) is 10.4 Å². The molecule has 0 aliphatic heterocycles. The molecule has 104 valence electrons. The number of pyridine rings is 1. The lowest BCUT2D eigenvalue weighted by molar-refractivity contribution is -0.118. The van der Waals surface area contributed by atoms with Crippen LogP contribution in [0.25, 0.3) is 0 Å². The topological polar surface area (TPSA) is 80.0 Å². The number of thioether (sulfide) groups is 1. The lowest BCUT2D eigenvalue weighted by Crippen LogP contribution is -2.31. The highest BCUT2D eigenvalue weighted by Crippen LogP contribution is 2.28. The maximum Gasteiger partial charge on any atom is 0.248 e. The summed E-state index contributed by atoms with van der Waals surface area (Å²) in [7, 11) is 0. The van der Waals surface area contributed by atoms with Crippen LogP contribution in [-0.4, -0.2) is 16.6 Å². The number of carbonyl (C=O) groups excluding carboxylic acids is 1. The molecule has 0 saturated heterocycles. The Balaban J connectivity index is 1.80. The van der Waals surface area contributed by atoms with Crippen molar-refractivity contribution >= 4 is 40.8 Å². The van der Waals surface area contributed by atoms with E-state index >= 15 is 0 Å². The minimum Gasteiger partial charge on any atom is -0.399 e. The van der Waals surface area contributed by atoms with Gasteiger partial charge in [0.2, 0.25) is 5.91 Å². The molecule has 0 unspecified atom stereocenters. The molecule has 2 rings (SSSR count). The number of rotatable bonds is 5. The van der Waals surface area contributed by atoms with Crippen LogP contribution in [-0.2, 0) is 4.79 Å². The fourth-order valence-electron chi connectivity index (χ4n) is 1.38. The van der Waals surface area contributed by atoms with Crippen LogP contribution in [0.4, 0.5) is 11.5 Å². The average molecular weight is 309 g/mol. The summed E-state index contributed by atoms with van der Waals surface area (Å²) in [6, 6.07) is 10.6. The fraction of sp³-hybridized carbons (Fsp3) is 0.0769. The van der Waals surface area contributed by atoms with E-state index in [1.165, 1.54) is 11.8 Å². The van der Waals surface area contributed by atoms with Crippen molar-refractivity contribution in [2.75, 3.05) is 16.9 Å². The molecule has 0 aliphatic rings. The molecule has 5 nitrogen and oxygen atoms in total. The van der Waals surface area contributed by atoms with Crippen LogP contribution in [0.3, 0.4) is 0 Å². The Labute approximate surface area is 125 Å². The average Bonchev–Trinajstić information content (AvgIpc) is 2.45. The summed E-state index contributed by atoms with van der Waals surface area (Å²) in [6.07, 6.45) is 1.64. The maximum atomic E-state index is 11.7. The maximum absolute atomic E-state index is 11.7. The van der Waals surface area contributed by atoms with Crippen molar-refractivity contribution in [3.05, 3.63) is 47.6 Å². The molecule has 1 heterocycles. The van der Waals surface area contributed by atoms with Crippen LogP contribution in [0.5, 0.6) is 0 Å². The third-order valence-corrected chi connectivity index (χ3v) is 3.81. The minimum absolute atomic E-state index is 0.173. The SMILES string of the molecule is Nc1ccc(SCC(=O)NNc2ccccn2)c(Cl)c1. The second-order valence-electron chi connectivity index (χ2n) is 3.87. The van der Waals surface area contributed by atoms with E-state index in [-0.39, 0.29) is 11.7 Å². The van der Waals surface area contributed by atoms with E-state index in [0.29, 0.717) is 16.5 Å². The molecular weight excluding hydrogens is 296 g/mol. The zero-order valence-corrected chi connectivity index (χ0v) is 12.0. The number of carbonyl (C=O) groups is 1. The molecular formula is C13H13ClN4OS. The summed E-state index contributed by atoms with van der Waals surface area (Å²) in [6.45, 7) is 0. The number of amides is 1. The number of anilines is 2. The van der Waals surface area contributed by atoms with Crippen molar-refractivity contribution < 1.29 is 4.79 Å². The van der Waals surface area contributed by atoms with Crippen molar-refractivity contribution in [3.8, 4) is 0 Å². The van der Waals surface area contributed by atoms with Crippen molar-refractivity contribution in [3.63, 3.8) is 0 Å². The summed E-state index contributed by atoms with van der Waals surface area (Å²) >= 11 is 7.37. The first-order valence-electron chi connectivity index (χ1n) is 5.79. The van der Waals surface area contributed by atoms with E-state index in [1.54, 1.807) is 36.5 Å². The number of nitrogens with two attached hydrogens (primary N) is 1. The molecule has 0 aliphatic carbocycles. The first-order chi connectivity index (χ1) is 9.65.